The van der Waals surface area contributed by atoms with Crippen molar-refractivity contribution >= 4 is 23.2 Å². The van der Waals surface area contributed by atoms with Crippen LogP contribution in [0.3, 0.4) is 0 Å². The van der Waals surface area contributed by atoms with Gasteiger partial charge in [-0.05, 0) is 25.3 Å². The maximum absolute atomic E-state index is 12.0. The Kier molecular flexibility index (Phi) is 6.88. The molecule has 0 N–H and O–H groups in total. The van der Waals surface area contributed by atoms with Crippen LogP contribution < -0.4 is 0 Å². The second-order valence-electron chi connectivity index (χ2n) is 5.55. The lowest BCUT2D eigenvalue weighted by Crippen LogP contribution is -2.35. The van der Waals surface area contributed by atoms with E-state index in [1.807, 2.05) is 30.7 Å². The van der Waals surface area contributed by atoms with Gasteiger partial charge in [0.15, 0.2) is 6.61 Å². The van der Waals surface area contributed by atoms with Gasteiger partial charge in [-0.2, -0.15) is 16.3 Å². The van der Waals surface area contributed by atoms with Crippen LogP contribution in [0.25, 0.3) is 11.4 Å². The molecular weight excluding hydrogens is 342 g/mol. The summed E-state index contributed by atoms with van der Waals surface area (Å²) in [7, 11) is 0. The molecule has 8 heteroatoms. The lowest BCUT2D eigenvalue weighted by atomic mass is 10.3. The van der Waals surface area contributed by atoms with Gasteiger partial charge < -0.3 is 14.2 Å². The van der Waals surface area contributed by atoms with Gasteiger partial charge in [0.1, 0.15) is 0 Å². The number of hydrogen-bond acceptors (Lipinski definition) is 7. The lowest BCUT2D eigenvalue weighted by Gasteiger charge is -2.20. The van der Waals surface area contributed by atoms with Crippen LogP contribution in [0.2, 0.25) is 0 Å². The Labute approximate surface area is 150 Å². The molecule has 0 saturated heterocycles. The summed E-state index contributed by atoms with van der Waals surface area (Å²) in [5, 5.41) is 7.71. The number of aromatic nitrogens is 2. The lowest BCUT2D eigenvalue weighted by molar-refractivity contribution is -0.151. The van der Waals surface area contributed by atoms with Crippen LogP contribution in [0.1, 0.15) is 26.2 Å². The Morgan fingerprint density at radius 1 is 1.44 bits per heavy atom. The fourth-order valence-corrected chi connectivity index (χ4v) is 2.72. The molecule has 0 aliphatic heterocycles. The number of amides is 1. The number of hydrogen-bond donors (Lipinski definition) is 0. The third-order valence-electron chi connectivity index (χ3n) is 3.34. The van der Waals surface area contributed by atoms with Gasteiger partial charge in [-0.25, -0.2) is 0 Å². The summed E-state index contributed by atoms with van der Waals surface area (Å²) in [6, 6.07) is 1.89. The molecule has 134 valence electrons. The molecule has 2 rings (SSSR count). The SMILES string of the molecule is C=C(C)CN(CC)C(=O)COC(=O)CCc1nc(-c2ccsc2)no1. The molecule has 0 saturated carbocycles. The largest absolute Gasteiger partial charge is 0.456 e. The average Bonchev–Trinajstić information content (AvgIpc) is 3.26. The molecule has 0 aromatic carbocycles. The second-order valence-corrected chi connectivity index (χ2v) is 6.33. The minimum Gasteiger partial charge on any atom is -0.456 e. The van der Waals surface area contributed by atoms with Gasteiger partial charge in [-0.1, -0.05) is 17.3 Å². The van der Waals surface area contributed by atoms with E-state index in [1.165, 1.54) is 0 Å². The summed E-state index contributed by atoms with van der Waals surface area (Å²) in [5.74, 6) is 0.145. The first-order chi connectivity index (χ1) is 12.0. The molecule has 2 aromatic heterocycles. The number of likely N-dealkylation sites (N-methyl/N-ethyl adjacent to an activating group) is 1. The van der Waals surface area contributed by atoms with E-state index in [-0.39, 0.29) is 25.4 Å². The molecule has 1 amide bonds. The van der Waals surface area contributed by atoms with Gasteiger partial charge in [-0.15, -0.1) is 0 Å². The zero-order chi connectivity index (χ0) is 18.2. The molecule has 2 heterocycles. The van der Waals surface area contributed by atoms with Gasteiger partial charge in [-0.3, -0.25) is 9.59 Å². The maximum Gasteiger partial charge on any atom is 0.306 e. The number of rotatable bonds is 9. The quantitative estimate of drug-likeness (QED) is 0.503. The van der Waals surface area contributed by atoms with Crippen LogP contribution in [0.4, 0.5) is 0 Å². The van der Waals surface area contributed by atoms with Crippen LogP contribution in [0.5, 0.6) is 0 Å². The first kappa shape index (κ1) is 18.9. The molecule has 7 nitrogen and oxygen atoms in total. The summed E-state index contributed by atoms with van der Waals surface area (Å²) in [4.78, 5) is 29.6. The standard InChI is InChI=1S/C17H21N3O4S/c1-4-20(9-12(2)3)15(21)10-23-16(22)6-5-14-18-17(19-24-14)13-7-8-25-11-13/h7-8,11H,2,4-6,9-10H2,1,3H3. The van der Waals surface area contributed by atoms with Crippen molar-refractivity contribution in [2.75, 3.05) is 19.7 Å². The summed E-state index contributed by atoms with van der Waals surface area (Å²) >= 11 is 1.54. The normalized spacial score (nSPS) is 10.5. The number of thiophene rings is 1. The molecule has 0 aliphatic carbocycles. The number of carbonyl (C=O) groups is 2. The Hall–Kier alpha value is -2.48. The summed E-state index contributed by atoms with van der Waals surface area (Å²) in [6.07, 6.45) is 0.346. The third-order valence-corrected chi connectivity index (χ3v) is 4.03. The van der Waals surface area contributed by atoms with E-state index in [4.69, 9.17) is 9.26 Å². The van der Waals surface area contributed by atoms with Crippen molar-refractivity contribution in [3.8, 4) is 11.4 Å². The van der Waals surface area contributed by atoms with E-state index in [0.717, 1.165) is 11.1 Å². The first-order valence-electron chi connectivity index (χ1n) is 7.92. The van der Waals surface area contributed by atoms with E-state index >= 15 is 0 Å². The summed E-state index contributed by atoms with van der Waals surface area (Å²) in [5.41, 5.74) is 1.75. The van der Waals surface area contributed by atoms with Crippen molar-refractivity contribution in [3.05, 3.63) is 34.9 Å². The molecule has 0 radical (unpaired) electrons. The van der Waals surface area contributed by atoms with Gasteiger partial charge in [0.05, 0.1) is 6.42 Å². The highest BCUT2D eigenvalue weighted by molar-refractivity contribution is 7.08. The van der Waals surface area contributed by atoms with Gasteiger partial charge in [0, 0.05) is 30.5 Å². The zero-order valence-electron chi connectivity index (χ0n) is 14.4. The number of aryl methyl sites for hydroxylation is 1. The van der Waals surface area contributed by atoms with E-state index in [1.54, 1.807) is 16.2 Å². The maximum atomic E-state index is 12.0. The highest BCUT2D eigenvalue weighted by Gasteiger charge is 2.15. The topological polar surface area (TPSA) is 85.5 Å². The highest BCUT2D eigenvalue weighted by atomic mass is 32.1. The molecule has 0 fully saturated rings. The minimum atomic E-state index is -0.477. The predicted molar refractivity (Wildman–Crippen MR) is 94.0 cm³/mol. The smallest absolute Gasteiger partial charge is 0.306 e. The van der Waals surface area contributed by atoms with Crippen molar-refractivity contribution in [1.29, 1.82) is 0 Å². The Bertz CT molecular complexity index is 724. The Morgan fingerprint density at radius 2 is 2.24 bits per heavy atom. The molecular formula is C17H21N3O4S. The molecule has 2 aromatic rings. The second kappa shape index (κ2) is 9.12. The first-order valence-corrected chi connectivity index (χ1v) is 8.86. The summed E-state index contributed by atoms with van der Waals surface area (Å²) < 4.78 is 10.1. The van der Waals surface area contributed by atoms with E-state index in [9.17, 15) is 9.59 Å². The third kappa shape index (κ3) is 5.82. The van der Waals surface area contributed by atoms with Crippen LogP contribution >= 0.6 is 11.3 Å². The zero-order valence-corrected chi connectivity index (χ0v) is 15.2. The van der Waals surface area contributed by atoms with Crippen LogP contribution in [0.15, 0.2) is 33.5 Å². The number of esters is 1. The van der Waals surface area contributed by atoms with Crippen molar-refractivity contribution in [1.82, 2.24) is 15.0 Å². The van der Waals surface area contributed by atoms with E-state index < -0.39 is 5.97 Å². The number of carbonyl (C=O) groups excluding carboxylic acids is 2. The van der Waals surface area contributed by atoms with Gasteiger partial charge in [0.25, 0.3) is 5.91 Å². The highest BCUT2D eigenvalue weighted by Crippen LogP contribution is 2.19. The molecule has 25 heavy (non-hydrogen) atoms. The molecule has 0 aliphatic rings. The van der Waals surface area contributed by atoms with Gasteiger partial charge in [0.2, 0.25) is 11.7 Å². The fourth-order valence-electron chi connectivity index (χ4n) is 2.08. The van der Waals surface area contributed by atoms with Crippen molar-refractivity contribution in [2.45, 2.75) is 26.7 Å². The van der Waals surface area contributed by atoms with Crippen LogP contribution in [0, 0.1) is 0 Å². The molecule has 0 unspecified atom stereocenters. The Balaban J connectivity index is 1.75. The van der Waals surface area contributed by atoms with Crippen LogP contribution in [-0.2, 0) is 20.7 Å². The van der Waals surface area contributed by atoms with Crippen molar-refractivity contribution in [2.24, 2.45) is 0 Å². The van der Waals surface area contributed by atoms with Crippen molar-refractivity contribution < 1.29 is 18.8 Å². The minimum absolute atomic E-state index is 0.0746. The number of nitrogens with zero attached hydrogens (tertiary/aromatic N) is 3. The molecule has 0 spiro atoms. The van der Waals surface area contributed by atoms with E-state index in [2.05, 4.69) is 16.7 Å². The van der Waals surface area contributed by atoms with E-state index in [0.29, 0.717) is 24.8 Å². The fraction of sp³-hybridized carbons (Fsp3) is 0.412. The van der Waals surface area contributed by atoms with Crippen LogP contribution in [-0.4, -0.2) is 46.6 Å². The van der Waals surface area contributed by atoms with Crippen molar-refractivity contribution in [3.63, 3.8) is 0 Å². The van der Waals surface area contributed by atoms with Gasteiger partial charge >= 0.3 is 5.97 Å². The molecule has 0 atom stereocenters. The summed E-state index contributed by atoms with van der Waals surface area (Å²) in [6.45, 7) is 8.21. The Morgan fingerprint density at radius 3 is 2.88 bits per heavy atom. The molecule has 0 bridgehead atoms. The monoisotopic (exact) mass is 363 g/mol. The number of ether oxygens (including phenoxy) is 1. The predicted octanol–water partition coefficient (Wildman–Crippen LogP) is 2.70. The average molecular weight is 363 g/mol.